The molecule has 1 atom stereocenters. The molecular weight excluding hydrogens is 458 g/mol. The fourth-order valence-corrected chi connectivity index (χ4v) is 7.64. The molecule has 2 fully saturated rings. The predicted octanol–water partition coefficient (Wildman–Crippen LogP) is 3.88. The quantitative estimate of drug-likeness (QED) is 0.609. The van der Waals surface area contributed by atoms with Crippen molar-refractivity contribution in [1.82, 2.24) is 9.21 Å². The van der Waals surface area contributed by atoms with Crippen LogP contribution in [0.5, 0.6) is 5.75 Å². The molecule has 2 aliphatic heterocycles. The number of sulfonamides is 1. The number of carbonyl (C=O) groups excluding carboxylic acids is 1. The number of nitrogens with one attached hydrogen (secondary N) is 1. The van der Waals surface area contributed by atoms with E-state index in [1.54, 1.807) is 18.2 Å². The molecular formula is C24H31N3O4S2. The number of rotatable bonds is 8. The maximum absolute atomic E-state index is 13.2. The molecule has 2 aromatic rings. The van der Waals surface area contributed by atoms with Gasteiger partial charge in [0.25, 0.3) is 0 Å². The zero-order chi connectivity index (χ0) is 23.0. The molecule has 1 amide bonds. The van der Waals surface area contributed by atoms with Crippen molar-refractivity contribution in [3.05, 3.63) is 40.1 Å². The van der Waals surface area contributed by atoms with E-state index in [1.807, 2.05) is 18.3 Å². The Bertz CT molecular complexity index is 1120. The zero-order valence-corrected chi connectivity index (χ0v) is 20.6. The van der Waals surface area contributed by atoms with E-state index in [-0.39, 0.29) is 10.8 Å². The molecule has 1 aromatic heterocycles. The molecule has 1 N–H and O–H groups in total. The summed E-state index contributed by atoms with van der Waals surface area (Å²) in [6, 6.07) is 7.44. The van der Waals surface area contributed by atoms with Gasteiger partial charge in [-0.05, 0) is 80.2 Å². The Labute approximate surface area is 199 Å². The summed E-state index contributed by atoms with van der Waals surface area (Å²) >= 11 is 1.82. The van der Waals surface area contributed by atoms with Gasteiger partial charge in [0.1, 0.15) is 10.6 Å². The summed E-state index contributed by atoms with van der Waals surface area (Å²) < 4.78 is 33.6. The van der Waals surface area contributed by atoms with Gasteiger partial charge in [-0.2, -0.15) is 4.31 Å². The minimum absolute atomic E-state index is 0.118. The number of fused-ring (bicyclic) bond motifs is 1. The highest BCUT2D eigenvalue weighted by Crippen LogP contribution is 2.48. The Morgan fingerprint density at radius 1 is 1.18 bits per heavy atom. The highest BCUT2D eigenvalue weighted by Gasteiger charge is 2.40. The second kappa shape index (κ2) is 9.37. The van der Waals surface area contributed by atoms with Crippen molar-refractivity contribution < 1.29 is 17.9 Å². The maximum Gasteiger partial charge on any atom is 0.246 e. The van der Waals surface area contributed by atoms with Gasteiger partial charge >= 0.3 is 0 Å². The van der Waals surface area contributed by atoms with E-state index in [4.69, 9.17) is 4.74 Å². The lowest BCUT2D eigenvalue weighted by Gasteiger charge is -2.35. The Hall–Kier alpha value is -1.94. The minimum Gasteiger partial charge on any atom is -0.492 e. The van der Waals surface area contributed by atoms with Crippen LogP contribution in [0.1, 0.15) is 49.1 Å². The van der Waals surface area contributed by atoms with Gasteiger partial charge in [-0.25, -0.2) is 8.42 Å². The fraction of sp³-hybridized carbons (Fsp3) is 0.542. The van der Waals surface area contributed by atoms with Crippen LogP contribution < -0.4 is 10.1 Å². The van der Waals surface area contributed by atoms with Gasteiger partial charge in [-0.1, -0.05) is 0 Å². The highest BCUT2D eigenvalue weighted by atomic mass is 32.2. The Balaban J connectivity index is 1.33. The van der Waals surface area contributed by atoms with E-state index in [1.165, 1.54) is 27.6 Å². The van der Waals surface area contributed by atoms with Crippen LogP contribution in [0.2, 0.25) is 0 Å². The maximum atomic E-state index is 13.2. The molecule has 3 aliphatic rings. The van der Waals surface area contributed by atoms with E-state index >= 15 is 0 Å². The van der Waals surface area contributed by atoms with Crippen LogP contribution >= 0.6 is 11.3 Å². The van der Waals surface area contributed by atoms with Crippen molar-refractivity contribution in [3.8, 4) is 5.75 Å². The van der Waals surface area contributed by atoms with Gasteiger partial charge in [-0.15, -0.1) is 11.3 Å². The first-order valence-electron chi connectivity index (χ1n) is 11.8. The standard InChI is InChI=1S/C24H31N3O4S2/c1-2-31-20-8-7-18(15-22(20)33(29,30)27-11-3-4-12-27)25-23(28)16-26-13-9-21-19(10-14-32-21)24(26)17-5-6-17/h7-8,10,14-15,17,24H,2-6,9,11-13,16H2,1H3,(H,25,28)/t24-/m0/s1. The third-order valence-corrected chi connectivity index (χ3v) is 9.66. The average molecular weight is 490 g/mol. The van der Waals surface area contributed by atoms with Crippen LogP contribution in [0.4, 0.5) is 5.69 Å². The lowest BCUT2D eigenvalue weighted by molar-refractivity contribution is -0.118. The molecule has 1 saturated carbocycles. The zero-order valence-electron chi connectivity index (χ0n) is 19.0. The number of ether oxygens (including phenoxy) is 1. The minimum atomic E-state index is -3.67. The summed E-state index contributed by atoms with van der Waals surface area (Å²) in [5.74, 6) is 0.847. The number of nitrogens with zero attached hydrogens (tertiary/aromatic N) is 2. The smallest absolute Gasteiger partial charge is 0.246 e. The highest BCUT2D eigenvalue weighted by molar-refractivity contribution is 7.89. The van der Waals surface area contributed by atoms with Crippen LogP contribution in [-0.4, -0.2) is 56.3 Å². The predicted molar refractivity (Wildman–Crippen MR) is 129 cm³/mol. The van der Waals surface area contributed by atoms with Crippen molar-refractivity contribution in [2.45, 2.75) is 50.0 Å². The Morgan fingerprint density at radius 2 is 1.97 bits per heavy atom. The monoisotopic (exact) mass is 489 g/mol. The van der Waals surface area contributed by atoms with E-state index in [0.29, 0.717) is 49.6 Å². The third-order valence-electron chi connectivity index (χ3n) is 6.74. The topological polar surface area (TPSA) is 79.0 Å². The van der Waals surface area contributed by atoms with Gasteiger partial charge in [-0.3, -0.25) is 9.69 Å². The van der Waals surface area contributed by atoms with Crippen LogP contribution in [0.3, 0.4) is 0 Å². The summed E-state index contributed by atoms with van der Waals surface area (Å²) in [6.07, 6.45) is 5.14. The number of thiophene rings is 1. The summed E-state index contributed by atoms with van der Waals surface area (Å²) in [5.41, 5.74) is 1.87. The first-order valence-corrected chi connectivity index (χ1v) is 14.2. The number of amides is 1. The molecule has 1 aliphatic carbocycles. The molecule has 1 aromatic carbocycles. The van der Waals surface area contributed by atoms with Gasteiger partial charge < -0.3 is 10.1 Å². The SMILES string of the molecule is CCOc1ccc(NC(=O)CN2CCc3sccc3[C@@H]2C2CC2)cc1S(=O)(=O)N1CCCC1. The van der Waals surface area contributed by atoms with Crippen LogP contribution in [0, 0.1) is 5.92 Å². The molecule has 33 heavy (non-hydrogen) atoms. The van der Waals surface area contributed by atoms with Gasteiger partial charge in [0.15, 0.2) is 0 Å². The van der Waals surface area contributed by atoms with Gasteiger partial charge in [0.2, 0.25) is 15.9 Å². The van der Waals surface area contributed by atoms with Crippen molar-refractivity contribution >= 4 is 33.0 Å². The van der Waals surface area contributed by atoms with Crippen molar-refractivity contribution in [2.24, 2.45) is 5.92 Å². The lowest BCUT2D eigenvalue weighted by Crippen LogP contribution is -2.41. The molecule has 0 radical (unpaired) electrons. The molecule has 1 saturated heterocycles. The largest absolute Gasteiger partial charge is 0.492 e. The van der Waals surface area contributed by atoms with Gasteiger partial charge in [0, 0.05) is 36.2 Å². The van der Waals surface area contributed by atoms with E-state index in [2.05, 4.69) is 21.7 Å². The normalized spacial score (nSPS) is 21.7. The Kier molecular flexibility index (Phi) is 6.48. The van der Waals surface area contributed by atoms with E-state index in [0.717, 1.165) is 25.8 Å². The summed E-state index contributed by atoms with van der Waals surface area (Å²) in [6.45, 7) is 4.42. The molecule has 0 unspecified atom stereocenters. The first-order chi connectivity index (χ1) is 16.0. The first kappa shape index (κ1) is 22.8. The number of hydrogen-bond donors (Lipinski definition) is 1. The third kappa shape index (κ3) is 4.69. The average Bonchev–Trinajstić information content (AvgIpc) is 3.25. The summed E-state index contributed by atoms with van der Waals surface area (Å²) in [4.78, 5) is 16.9. The number of anilines is 1. The molecule has 3 heterocycles. The fourth-order valence-electron chi connectivity index (χ4n) is 5.05. The summed E-state index contributed by atoms with van der Waals surface area (Å²) in [5, 5.41) is 5.10. The van der Waals surface area contributed by atoms with Crippen molar-refractivity contribution in [1.29, 1.82) is 0 Å². The molecule has 7 nitrogen and oxygen atoms in total. The molecule has 0 spiro atoms. The van der Waals surface area contributed by atoms with Crippen molar-refractivity contribution in [2.75, 3.05) is 38.1 Å². The van der Waals surface area contributed by atoms with E-state index in [9.17, 15) is 13.2 Å². The number of hydrogen-bond acceptors (Lipinski definition) is 6. The lowest BCUT2D eigenvalue weighted by atomic mass is 9.96. The van der Waals surface area contributed by atoms with Crippen LogP contribution in [-0.2, 0) is 21.2 Å². The Morgan fingerprint density at radius 3 is 2.70 bits per heavy atom. The second-order valence-corrected chi connectivity index (χ2v) is 12.0. The number of benzene rings is 1. The van der Waals surface area contributed by atoms with Gasteiger partial charge in [0.05, 0.1) is 13.2 Å². The molecule has 5 rings (SSSR count). The van der Waals surface area contributed by atoms with Crippen molar-refractivity contribution in [3.63, 3.8) is 0 Å². The van der Waals surface area contributed by atoms with E-state index < -0.39 is 10.0 Å². The molecule has 178 valence electrons. The van der Waals surface area contributed by atoms with Crippen LogP contribution in [0.25, 0.3) is 0 Å². The second-order valence-electron chi connectivity index (χ2n) is 9.06. The molecule has 9 heteroatoms. The van der Waals surface area contributed by atoms with Crippen LogP contribution in [0.15, 0.2) is 34.5 Å². The molecule has 0 bridgehead atoms. The summed E-state index contributed by atoms with van der Waals surface area (Å²) in [7, 11) is -3.67. The number of carbonyl (C=O) groups is 1.